The number of likely N-dealkylation sites (tertiary alicyclic amines) is 1. The summed E-state index contributed by atoms with van der Waals surface area (Å²) < 4.78 is 19.0. The van der Waals surface area contributed by atoms with Gasteiger partial charge in [-0.15, -0.1) is 11.6 Å². The molecule has 1 heterocycles. The topological polar surface area (TPSA) is 12.5 Å². The van der Waals surface area contributed by atoms with Crippen LogP contribution in [0.2, 0.25) is 0 Å². The van der Waals surface area contributed by atoms with Crippen LogP contribution in [0.3, 0.4) is 0 Å². The van der Waals surface area contributed by atoms with Gasteiger partial charge in [0.25, 0.3) is 0 Å². The third-order valence-electron chi connectivity index (χ3n) is 3.25. The maximum Gasteiger partial charge on any atom is 0.137 e. The molecule has 0 spiro atoms. The fourth-order valence-electron chi connectivity index (χ4n) is 2.21. The largest absolute Gasteiger partial charge is 0.491 e. The number of alkyl halides is 1. The molecule has 0 radical (unpaired) electrons. The lowest BCUT2D eigenvalue weighted by molar-refractivity contribution is 0.237. The fraction of sp³-hybridized carbons (Fsp3) is 0.500. The minimum Gasteiger partial charge on any atom is -0.491 e. The van der Waals surface area contributed by atoms with Crippen molar-refractivity contribution in [3.8, 4) is 17.6 Å². The number of hydrogen-bond donors (Lipinski definition) is 0. The van der Waals surface area contributed by atoms with E-state index in [9.17, 15) is 4.39 Å². The van der Waals surface area contributed by atoms with Crippen LogP contribution >= 0.6 is 11.6 Å². The molecule has 1 aliphatic heterocycles. The number of nitrogens with zero attached hydrogens (tertiary/aromatic N) is 1. The van der Waals surface area contributed by atoms with Crippen molar-refractivity contribution in [1.29, 1.82) is 0 Å². The maximum atomic E-state index is 13.3. The third kappa shape index (κ3) is 4.70. The standard InChI is InChI=1S/C16H19ClFNO/c17-8-2-1-5-14-6-7-15(18)13-16(14)20-12-11-19-9-3-4-10-19/h6-7,13H,2-4,8-12H2. The van der Waals surface area contributed by atoms with Gasteiger partial charge in [0.2, 0.25) is 0 Å². The highest BCUT2D eigenvalue weighted by Crippen LogP contribution is 2.19. The lowest BCUT2D eigenvalue weighted by atomic mass is 10.2. The summed E-state index contributed by atoms with van der Waals surface area (Å²) in [5.74, 6) is 6.65. The van der Waals surface area contributed by atoms with E-state index in [0.29, 0.717) is 24.7 Å². The molecule has 2 rings (SSSR count). The number of rotatable bonds is 5. The Morgan fingerprint density at radius 1 is 1.30 bits per heavy atom. The minimum atomic E-state index is -0.302. The molecule has 1 aromatic carbocycles. The van der Waals surface area contributed by atoms with Crippen molar-refractivity contribution < 1.29 is 9.13 Å². The molecule has 0 aromatic heterocycles. The maximum absolute atomic E-state index is 13.3. The van der Waals surface area contributed by atoms with Crippen molar-refractivity contribution in [2.45, 2.75) is 19.3 Å². The molecule has 0 bridgehead atoms. The van der Waals surface area contributed by atoms with Gasteiger partial charge in [0.05, 0.1) is 5.56 Å². The molecule has 0 atom stereocenters. The van der Waals surface area contributed by atoms with E-state index >= 15 is 0 Å². The molecule has 1 aliphatic rings. The van der Waals surface area contributed by atoms with E-state index in [1.807, 2.05) is 0 Å². The quantitative estimate of drug-likeness (QED) is 0.610. The van der Waals surface area contributed by atoms with E-state index in [-0.39, 0.29) is 5.82 Å². The Hall–Kier alpha value is -1.24. The number of hydrogen-bond acceptors (Lipinski definition) is 2. The predicted octanol–water partition coefficient (Wildman–Crippen LogP) is 3.28. The van der Waals surface area contributed by atoms with Gasteiger partial charge < -0.3 is 4.74 Å². The van der Waals surface area contributed by atoms with Crippen molar-refractivity contribution in [1.82, 2.24) is 4.90 Å². The molecule has 0 saturated carbocycles. The summed E-state index contributed by atoms with van der Waals surface area (Å²) >= 11 is 5.59. The van der Waals surface area contributed by atoms with Gasteiger partial charge in [-0.1, -0.05) is 11.8 Å². The Morgan fingerprint density at radius 2 is 2.10 bits per heavy atom. The average Bonchev–Trinajstić information content (AvgIpc) is 2.94. The molecule has 2 nitrogen and oxygen atoms in total. The molecule has 1 fully saturated rings. The highest BCUT2D eigenvalue weighted by molar-refractivity contribution is 6.18. The van der Waals surface area contributed by atoms with Crippen LogP contribution < -0.4 is 4.74 Å². The monoisotopic (exact) mass is 295 g/mol. The Kier molecular flexibility index (Phi) is 6.17. The number of ether oxygens (including phenoxy) is 1. The van der Waals surface area contributed by atoms with Crippen LogP contribution in [0.15, 0.2) is 18.2 Å². The van der Waals surface area contributed by atoms with Gasteiger partial charge in [0, 0.05) is 24.9 Å². The van der Waals surface area contributed by atoms with Crippen LogP contribution in [0.4, 0.5) is 4.39 Å². The van der Waals surface area contributed by atoms with Gasteiger partial charge in [0.15, 0.2) is 0 Å². The van der Waals surface area contributed by atoms with E-state index in [1.165, 1.54) is 25.0 Å². The third-order valence-corrected chi connectivity index (χ3v) is 3.44. The summed E-state index contributed by atoms with van der Waals surface area (Å²) in [6.45, 7) is 3.71. The van der Waals surface area contributed by atoms with Crippen molar-refractivity contribution in [2.75, 3.05) is 32.1 Å². The molecule has 4 heteroatoms. The highest BCUT2D eigenvalue weighted by atomic mass is 35.5. The Labute approximate surface area is 124 Å². The molecule has 108 valence electrons. The fourth-order valence-corrected chi connectivity index (χ4v) is 2.31. The highest BCUT2D eigenvalue weighted by Gasteiger charge is 2.11. The van der Waals surface area contributed by atoms with Crippen LogP contribution in [-0.4, -0.2) is 37.0 Å². The van der Waals surface area contributed by atoms with E-state index in [4.69, 9.17) is 16.3 Å². The smallest absolute Gasteiger partial charge is 0.137 e. The van der Waals surface area contributed by atoms with Crippen molar-refractivity contribution in [3.63, 3.8) is 0 Å². The minimum absolute atomic E-state index is 0.302. The number of halogens is 2. The zero-order valence-electron chi connectivity index (χ0n) is 11.5. The molecule has 20 heavy (non-hydrogen) atoms. The normalized spacial score (nSPS) is 14.9. The molecule has 1 aromatic rings. The predicted molar refractivity (Wildman–Crippen MR) is 79.8 cm³/mol. The van der Waals surface area contributed by atoms with Gasteiger partial charge >= 0.3 is 0 Å². The summed E-state index contributed by atoms with van der Waals surface area (Å²) in [7, 11) is 0. The summed E-state index contributed by atoms with van der Waals surface area (Å²) in [6.07, 6.45) is 3.14. The second kappa shape index (κ2) is 8.14. The first-order valence-electron chi connectivity index (χ1n) is 6.99. The van der Waals surface area contributed by atoms with Crippen LogP contribution in [0, 0.1) is 17.7 Å². The second-order valence-electron chi connectivity index (χ2n) is 4.78. The summed E-state index contributed by atoms with van der Waals surface area (Å²) in [4.78, 5) is 2.36. The molecule has 1 saturated heterocycles. The molecule has 0 unspecified atom stereocenters. The SMILES string of the molecule is Fc1ccc(C#CCCCl)c(OCCN2CCCC2)c1. The van der Waals surface area contributed by atoms with Gasteiger partial charge in [-0.25, -0.2) is 4.39 Å². The first kappa shape index (κ1) is 15.2. The van der Waals surface area contributed by atoms with Gasteiger partial charge in [-0.2, -0.15) is 0 Å². The lowest BCUT2D eigenvalue weighted by Gasteiger charge is -2.15. The molecular formula is C16H19ClFNO. The van der Waals surface area contributed by atoms with E-state index in [2.05, 4.69) is 16.7 Å². The lowest BCUT2D eigenvalue weighted by Crippen LogP contribution is -2.25. The van der Waals surface area contributed by atoms with Crippen LogP contribution in [-0.2, 0) is 0 Å². The first-order chi connectivity index (χ1) is 9.79. The molecule has 0 N–H and O–H groups in total. The van der Waals surface area contributed by atoms with Crippen LogP contribution in [0.5, 0.6) is 5.75 Å². The molecule has 0 aliphatic carbocycles. The van der Waals surface area contributed by atoms with Crippen molar-refractivity contribution >= 4 is 11.6 Å². The van der Waals surface area contributed by atoms with Crippen molar-refractivity contribution in [3.05, 3.63) is 29.6 Å². The van der Waals surface area contributed by atoms with Gasteiger partial charge in [0.1, 0.15) is 18.2 Å². The molecule has 0 amide bonds. The summed E-state index contributed by atoms with van der Waals surface area (Å²) in [5, 5.41) is 0. The first-order valence-corrected chi connectivity index (χ1v) is 7.52. The second-order valence-corrected chi connectivity index (χ2v) is 5.16. The van der Waals surface area contributed by atoms with Crippen molar-refractivity contribution in [2.24, 2.45) is 0 Å². The van der Waals surface area contributed by atoms with E-state index in [1.54, 1.807) is 6.07 Å². The Morgan fingerprint density at radius 3 is 2.85 bits per heavy atom. The summed E-state index contributed by atoms with van der Waals surface area (Å²) in [5.41, 5.74) is 0.720. The zero-order valence-corrected chi connectivity index (χ0v) is 12.3. The summed E-state index contributed by atoms with van der Waals surface area (Å²) in [6, 6.07) is 4.45. The average molecular weight is 296 g/mol. The zero-order chi connectivity index (χ0) is 14.2. The van der Waals surface area contributed by atoms with Gasteiger partial charge in [-0.3, -0.25) is 4.90 Å². The van der Waals surface area contributed by atoms with E-state index < -0.39 is 0 Å². The van der Waals surface area contributed by atoms with Gasteiger partial charge in [-0.05, 0) is 38.1 Å². The number of benzene rings is 1. The van der Waals surface area contributed by atoms with Crippen LogP contribution in [0.25, 0.3) is 0 Å². The Balaban J connectivity index is 1.94. The molecular weight excluding hydrogens is 277 g/mol. The van der Waals surface area contributed by atoms with E-state index in [0.717, 1.165) is 25.2 Å². The van der Waals surface area contributed by atoms with Crippen LogP contribution in [0.1, 0.15) is 24.8 Å². The Bertz CT molecular complexity index is 489.